The number of nitrogens with zero attached hydrogens (tertiary/aromatic N) is 5. The zero-order valence-corrected chi connectivity index (χ0v) is 9.61. The van der Waals surface area contributed by atoms with Crippen molar-refractivity contribution < 1.29 is 0 Å². The van der Waals surface area contributed by atoms with E-state index in [1.807, 2.05) is 17.7 Å². The van der Waals surface area contributed by atoms with Crippen LogP contribution in [0.4, 0.5) is 0 Å². The molecule has 7 nitrogen and oxygen atoms in total. The van der Waals surface area contributed by atoms with Crippen molar-refractivity contribution in [1.82, 2.24) is 30.2 Å². The molecule has 7 heteroatoms. The van der Waals surface area contributed by atoms with Gasteiger partial charge in [0.2, 0.25) is 0 Å². The minimum atomic E-state index is -0.0903. The maximum absolute atomic E-state index is 5.55. The summed E-state index contributed by atoms with van der Waals surface area (Å²) in [6, 6.07) is 1.74. The van der Waals surface area contributed by atoms with Gasteiger partial charge in [-0.3, -0.25) is 16.0 Å². The van der Waals surface area contributed by atoms with Gasteiger partial charge >= 0.3 is 0 Å². The first kappa shape index (κ1) is 11.6. The normalized spacial score (nSPS) is 12.6. The Morgan fingerprint density at radius 3 is 2.94 bits per heavy atom. The second-order valence-corrected chi connectivity index (χ2v) is 3.55. The molecule has 2 rings (SSSR count). The van der Waals surface area contributed by atoms with E-state index in [9.17, 15) is 0 Å². The number of aromatic nitrogens is 5. The van der Waals surface area contributed by atoms with Gasteiger partial charge in [0, 0.05) is 19.2 Å². The van der Waals surface area contributed by atoms with Crippen LogP contribution in [0.1, 0.15) is 24.5 Å². The van der Waals surface area contributed by atoms with E-state index in [4.69, 9.17) is 5.84 Å². The lowest BCUT2D eigenvalue weighted by atomic mass is 10.1. The summed E-state index contributed by atoms with van der Waals surface area (Å²) in [6.07, 6.45) is 5.38. The van der Waals surface area contributed by atoms with Gasteiger partial charge in [0.1, 0.15) is 18.5 Å². The molecular weight excluding hydrogens is 218 g/mol. The molecule has 0 bridgehead atoms. The van der Waals surface area contributed by atoms with Gasteiger partial charge in [-0.2, -0.15) is 5.10 Å². The fourth-order valence-corrected chi connectivity index (χ4v) is 1.65. The molecule has 0 fully saturated rings. The molecule has 0 aliphatic heterocycles. The smallest absolute Gasteiger partial charge is 0.138 e. The van der Waals surface area contributed by atoms with E-state index in [1.54, 1.807) is 12.5 Å². The molecule has 0 aliphatic carbocycles. The molecule has 2 aromatic rings. The summed E-state index contributed by atoms with van der Waals surface area (Å²) in [7, 11) is 0. The van der Waals surface area contributed by atoms with Crippen LogP contribution in [-0.2, 0) is 13.0 Å². The van der Waals surface area contributed by atoms with Crippen LogP contribution in [0, 0.1) is 0 Å². The lowest BCUT2D eigenvalue weighted by Gasteiger charge is -2.14. The molecule has 1 unspecified atom stereocenters. The molecule has 3 N–H and O–H groups in total. The highest BCUT2D eigenvalue weighted by molar-refractivity contribution is 5.07. The van der Waals surface area contributed by atoms with Crippen molar-refractivity contribution in [3.8, 4) is 0 Å². The zero-order chi connectivity index (χ0) is 12.1. The summed E-state index contributed by atoms with van der Waals surface area (Å²) < 4.78 is 1.84. The molecule has 0 radical (unpaired) electrons. The number of nitrogens with two attached hydrogens (primary N) is 1. The van der Waals surface area contributed by atoms with Crippen LogP contribution in [0.2, 0.25) is 0 Å². The van der Waals surface area contributed by atoms with E-state index in [0.717, 1.165) is 18.1 Å². The van der Waals surface area contributed by atoms with Gasteiger partial charge in [-0.05, 0) is 13.0 Å². The number of hydrogen-bond donors (Lipinski definition) is 2. The Balaban J connectivity index is 2.16. The highest BCUT2D eigenvalue weighted by Crippen LogP contribution is 2.13. The van der Waals surface area contributed by atoms with Crippen molar-refractivity contribution in [2.75, 3.05) is 0 Å². The first-order valence-electron chi connectivity index (χ1n) is 5.43. The second kappa shape index (κ2) is 5.46. The highest BCUT2D eigenvalue weighted by atomic mass is 15.3. The molecular formula is C10H15N7. The highest BCUT2D eigenvalue weighted by Gasteiger charge is 2.15. The fraction of sp³-hybridized carbons (Fsp3) is 0.400. The third-order valence-electron chi connectivity index (χ3n) is 2.55. The second-order valence-electron chi connectivity index (χ2n) is 3.55. The molecule has 0 spiro atoms. The molecule has 0 aromatic carbocycles. The fourth-order valence-electron chi connectivity index (χ4n) is 1.65. The molecule has 2 aromatic heterocycles. The van der Waals surface area contributed by atoms with Gasteiger partial charge < -0.3 is 0 Å². The summed E-state index contributed by atoms with van der Waals surface area (Å²) in [5.74, 6) is 6.43. The molecule has 0 saturated carbocycles. The quantitative estimate of drug-likeness (QED) is 0.550. The average molecular weight is 233 g/mol. The maximum Gasteiger partial charge on any atom is 0.138 e. The topological polar surface area (TPSA) is 94.5 Å². The van der Waals surface area contributed by atoms with Crippen LogP contribution in [0.15, 0.2) is 24.9 Å². The van der Waals surface area contributed by atoms with Crippen molar-refractivity contribution in [3.05, 3.63) is 36.4 Å². The number of hydrogen-bond acceptors (Lipinski definition) is 6. The van der Waals surface area contributed by atoms with E-state index >= 15 is 0 Å². The monoisotopic (exact) mass is 233 g/mol. The summed E-state index contributed by atoms with van der Waals surface area (Å²) in [5, 5.41) is 4.12. The van der Waals surface area contributed by atoms with E-state index in [0.29, 0.717) is 6.42 Å². The predicted octanol–water partition coefficient (Wildman–Crippen LogP) is -0.165. The van der Waals surface area contributed by atoms with Crippen LogP contribution >= 0.6 is 0 Å². The molecule has 90 valence electrons. The average Bonchev–Trinajstić information content (AvgIpc) is 2.84. The van der Waals surface area contributed by atoms with Gasteiger partial charge in [-0.1, -0.05) is 0 Å². The van der Waals surface area contributed by atoms with Crippen molar-refractivity contribution in [2.24, 2.45) is 5.84 Å². The van der Waals surface area contributed by atoms with Crippen LogP contribution in [0.5, 0.6) is 0 Å². The summed E-state index contributed by atoms with van der Waals surface area (Å²) >= 11 is 0. The Kier molecular flexibility index (Phi) is 3.73. The number of rotatable bonds is 5. The largest absolute Gasteiger partial charge is 0.271 e. The lowest BCUT2D eigenvalue weighted by molar-refractivity contribution is 0.500. The van der Waals surface area contributed by atoms with Crippen molar-refractivity contribution in [3.63, 3.8) is 0 Å². The molecule has 0 amide bonds. The minimum Gasteiger partial charge on any atom is -0.271 e. The Morgan fingerprint density at radius 2 is 2.29 bits per heavy atom. The summed E-state index contributed by atoms with van der Waals surface area (Å²) in [4.78, 5) is 12.3. The summed E-state index contributed by atoms with van der Waals surface area (Å²) in [5.41, 5.74) is 3.58. The Labute approximate surface area is 99.1 Å². The number of nitrogens with one attached hydrogen (secondary N) is 1. The molecule has 2 heterocycles. The number of hydrazine groups is 1. The minimum absolute atomic E-state index is 0.0903. The molecule has 1 atom stereocenters. The third kappa shape index (κ3) is 2.63. The van der Waals surface area contributed by atoms with E-state index in [1.165, 1.54) is 6.33 Å². The third-order valence-corrected chi connectivity index (χ3v) is 2.55. The van der Waals surface area contributed by atoms with Crippen molar-refractivity contribution in [2.45, 2.75) is 25.9 Å². The van der Waals surface area contributed by atoms with Gasteiger partial charge in [0.15, 0.2) is 0 Å². The SMILES string of the molecule is CCn1ncnc1CC(NN)c1ccncn1. The maximum atomic E-state index is 5.55. The standard InChI is InChI=1S/C10H15N7/c1-2-17-10(14-7-15-17)5-9(16-11)8-3-4-12-6-13-8/h3-4,6-7,9,16H,2,5,11H2,1H3. The Morgan fingerprint density at radius 1 is 1.41 bits per heavy atom. The Hall–Kier alpha value is -1.86. The van der Waals surface area contributed by atoms with Gasteiger partial charge in [-0.25, -0.2) is 15.0 Å². The summed E-state index contributed by atoms with van der Waals surface area (Å²) in [6.45, 7) is 2.81. The van der Waals surface area contributed by atoms with Crippen LogP contribution in [0.25, 0.3) is 0 Å². The van der Waals surface area contributed by atoms with Crippen LogP contribution in [0.3, 0.4) is 0 Å². The van der Waals surface area contributed by atoms with Crippen LogP contribution < -0.4 is 11.3 Å². The van der Waals surface area contributed by atoms with E-state index < -0.39 is 0 Å². The molecule has 17 heavy (non-hydrogen) atoms. The lowest BCUT2D eigenvalue weighted by Crippen LogP contribution is -2.31. The van der Waals surface area contributed by atoms with Crippen molar-refractivity contribution >= 4 is 0 Å². The van der Waals surface area contributed by atoms with Gasteiger partial charge in [-0.15, -0.1) is 0 Å². The van der Waals surface area contributed by atoms with E-state index in [-0.39, 0.29) is 6.04 Å². The molecule has 0 saturated heterocycles. The van der Waals surface area contributed by atoms with Crippen molar-refractivity contribution in [1.29, 1.82) is 0 Å². The zero-order valence-electron chi connectivity index (χ0n) is 9.61. The van der Waals surface area contributed by atoms with E-state index in [2.05, 4.69) is 25.5 Å². The van der Waals surface area contributed by atoms with Gasteiger partial charge in [0.25, 0.3) is 0 Å². The number of aryl methyl sites for hydroxylation is 1. The first-order chi connectivity index (χ1) is 8.35. The predicted molar refractivity (Wildman–Crippen MR) is 61.5 cm³/mol. The van der Waals surface area contributed by atoms with Gasteiger partial charge in [0.05, 0.1) is 11.7 Å². The molecule has 0 aliphatic rings. The van der Waals surface area contributed by atoms with Crippen LogP contribution in [-0.4, -0.2) is 24.7 Å². The Bertz CT molecular complexity index is 453. The first-order valence-corrected chi connectivity index (χ1v) is 5.43.